The van der Waals surface area contributed by atoms with E-state index in [1.807, 2.05) is 20.8 Å². The van der Waals surface area contributed by atoms with Gasteiger partial charge in [0.25, 0.3) is 0 Å². The van der Waals surface area contributed by atoms with Gasteiger partial charge < -0.3 is 10.2 Å². The summed E-state index contributed by atoms with van der Waals surface area (Å²) in [5.41, 5.74) is 1.55. The monoisotopic (exact) mass is 412 g/mol. The summed E-state index contributed by atoms with van der Waals surface area (Å²) in [6.45, 7) is 9.46. The topological polar surface area (TPSA) is 67.2 Å². The van der Waals surface area contributed by atoms with Gasteiger partial charge in [-0.2, -0.15) is 5.10 Å². The fourth-order valence-electron chi connectivity index (χ4n) is 2.76. The van der Waals surface area contributed by atoms with Crippen LogP contribution in [0.5, 0.6) is 0 Å². The Kier molecular flexibility index (Phi) is 8.23. The molecule has 0 saturated carbocycles. The van der Waals surface area contributed by atoms with E-state index in [2.05, 4.69) is 17.3 Å². The standard InChI is InChI=1S/C19H29ClN4O2S/c1-5-6-9-24-18(20)15(14(4)22-24)7-8-17(25)23-12-27-11-16(23)19(26)21-10-13(2)3/h7-8,13,16H,5-6,9-12H2,1-4H3,(H,21,26)/b8-7+. The van der Waals surface area contributed by atoms with E-state index in [4.69, 9.17) is 11.6 Å². The van der Waals surface area contributed by atoms with E-state index >= 15 is 0 Å². The van der Waals surface area contributed by atoms with Crippen molar-refractivity contribution in [2.24, 2.45) is 5.92 Å². The van der Waals surface area contributed by atoms with Crippen LogP contribution in [-0.2, 0) is 16.1 Å². The lowest BCUT2D eigenvalue weighted by molar-refractivity contribution is -0.134. The fourth-order valence-corrected chi connectivity index (χ4v) is 4.25. The van der Waals surface area contributed by atoms with Crippen molar-refractivity contribution in [3.63, 3.8) is 0 Å². The molecule has 1 N–H and O–H groups in total. The first-order chi connectivity index (χ1) is 12.8. The second-order valence-corrected chi connectivity index (χ2v) is 8.52. The first-order valence-corrected chi connectivity index (χ1v) is 10.9. The minimum atomic E-state index is -0.422. The number of thioether (sulfide) groups is 1. The van der Waals surface area contributed by atoms with Crippen LogP contribution in [-0.4, -0.2) is 50.7 Å². The molecule has 0 aliphatic carbocycles. The highest BCUT2D eigenvalue weighted by Gasteiger charge is 2.33. The Labute approximate surface area is 170 Å². The van der Waals surface area contributed by atoms with Gasteiger partial charge in [-0.3, -0.25) is 14.3 Å². The van der Waals surface area contributed by atoms with Gasteiger partial charge in [0, 0.05) is 30.5 Å². The van der Waals surface area contributed by atoms with Crippen molar-refractivity contribution < 1.29 is 9.59 Å². The first kappa shape index (κ1) is 21.8. The average molecular weight is 413 g/mol. The molecule has 1 unspecified atom stereocenters. The number of nitrogens with one attached hydrogen (secondary N) is 1. The summed E-state index contributed by atoms with van der Waals surface area (Å²) in [6.07, 6.45) is 5.27. The highest BCUT2D eigenvalue weighted by molar-refractivity contribution is 7.99. The number of aromatic nitrogens is 2. The molecular formula is C19H29ClN4O2S. The van der Waals surface area contributed by atoms with Crippen molar-refractivity contribution in [2.45, 2.75) is 53.1 Å². The Morgan fingerprint density at radius 2 is 2.19 bits per heavy atom. The van der Waals surface area contributed by atoms with Crippen molar-refractivity contribution >= 4 is 41.3 Å². The van der Waals surface area contributed by atoms with Crippen molar-refractivity contribution in [1.82, 2.24) is 20.0 Å². The average Bonchev–Trinajstić information content (AvgIpc) is 3.21. The van der Waals surface area contributed by atoms with Gasteiger partial charge in [-0.15, -0.1) is 11.8 Å². The number of aryl methyl sites for hydroxylation is 2. The molecule has 0 radical (unpaired) electrons. The minimum absolute atomic E-state index is 0.0861. The Balaban J connectivity index is 2.05. The van der Waals surface area contributed by atoms with Gasteiger partial charge in [0.2, 0.25) is 11.8 Å². The fraction of sp³-hybridized carbons (Fsp3) is 0.632. The third-order valence-corrected chi connectivity index (χ3v) is 5.79. The summed E-state index contributed by atoms with van der Waals surface area (Å²) in [6, 6.07) is -0.422. The van der Waals surface area contributed by atoms with E-state index in [9.17, 15) is 9.59 Å². The lowest BCUT2D eigenvalue weighted by Gasteiger charge is -2.22. The molecule has 1 aliphatic rings. The highest BCUT2D eigenvalue weighted by atomic mass is 35.5. The molecule has 2 rings (SSSR count). The maximum Gasteiger partial charge on any atom is 0.247 e. The summed E-state index contributed by atoms with van der Waals surface area (Å²) in [5.74, 6) is 1.25. The number of carbonyl (C=O) groups is 2. The van der Waals surface area contributed by atoms with Gasteiger partial charge in [-0.1, -0.05) is 38.8 Å². The van der Waals surface area contributed by atoms with Crippen LogP contribution in [0.15, 0.2) is 6.08 Å². The lowest BCUT2D eigenvalue weighted by atomic mass is 10.2. The molecule has 1 aliphatic heterocycles. The molecule has 1 atom stereocenters. The van der Waals surface area contributed by atoms with Crippen molar-refractivity contribution in [2.75, 3.05) is 18.2 Å². The highest BCUT2D eigenvalue weighted by Crippen LogP contribution is 2.24. The number of hydrogen-bond donors (Lipinski definition) is 1. The van der Waals surface area contributed by atoms with E-state index in [0.717, 1.165) is 30.6 Å². The third-order valence-electron chi connectivity index (χ3n) is 4.38. The third kappa shape index (κ3) is 5.75. The molecule has 2 amide bonds. The zero-order valence-corrected chi connectivity index (χ0v) is 18.1. The molecule has 0 aromatic carbocycles. The van der Waals surface area contributed by atoms with Gasteiger partial charge in [0.1, 0.15) is 11.2 Å². The van der Waals surface area contributed by atoms with Gasteiger partial charge in [0.05, 0.1) is 11.6 Å². The quantitative estimate of drug-likeness (QED) is 0.665. The summed E-state index contributed by atoms with van der Waals surface area (Å²) < 4.78 is 1.78. The second-order valence-electron chi connectivity index (χ2n) is 7.16. The van der Waals surface area contributed by atoms with Crippen LogP contribution in [0.2, 0.25) is 5.15 Å². The maximum atomic E-state index is 12.6. The molecule has 0 bridgehead atoms. The molecule has 1 saturated heterocycles. The molecular weight excluding hydrogens is 384 g/mol. The van der Waals surface area contributed by atoms with Crippen molar-refractivity contribution in [3.8, 4) is 0 Å². The molecule has 1 aromatic heterocycles. The summed E-state index contributed by atoms with van der Waals surface area (Å²) in [4.78, 5) is 26.6. The number of nitrogens with zero attached hydrogens (tertiary/aromatic N) is 3. The second kappa shape index (κ2) is 10.2. The van der Waals surface area contributed by atoms with Crippen LogP contribution in [0.3, 0.4) is 0 Å². The van der Waals surface area contributed by atoms with Gasteiger partial charge >= 0.3 is 0 Å². The SMILES string of the molecule is CCCCn1nc(C)c(/C=C/C(=O)N2CSCC2C(=O)NCC(C)C)c1Cl. The van der Waals surface area contributed by atoms with Crippen molar-refractivity contribution in [1.29, 1.82) is 0 Å². The number of halogens is 1. The number of rotatable bonds is 8. The smallest absolute Gasteiger partial charge is 0.247 e. The van der Waals surface area contributed by atoms with E-state index in [-0.39, 0.29) is 11.8 Å². The van der Waals surface area contributed by atoms with E-state index < -0.39 is 6.04 Å². The first-order valence-electron chi connectivity index (χ1n) is 9.42. The number of amides is 2. The van der Waals surface area contributed by atoms with Crippen LogP contribution in [0, 0.1) is 12.8 Å². The number of unbranched alkanes of at least 4 members (excludes halogenated alkanes) is 1. The summed E-state index contributed by atoms with van der Waals surface area (Å²) in [7, 11) is 0. The molecule has 27 heavy (non-hydrogen) atoms. The predicted octanol–water partition coefficient (Wildman–Crippen LogP) is 3.33. The lowest BCUT2D eigenvalue weighted by Crippen LogP contribution is -2.47. The Bertz CT molecular complexity index is 702. The predicted molar refractivity (Wildman–Crippen MR) is 112 cm³/mol. The molecule has 150 valence electrons. The molecule has 2 heterocycles. The van der Waals surface area contributed by atoms with E-state index in [1.165, 1.54) is 6.08 Å². The van der Waals surface area contributed by atoms with Crippen LogP contribution >= 0.6 is 23.4 Å². The molecule has 0 spiro atoms. The molecule has 1 fully saturated rings. The summed E-state index contributed by atoms with van der Waals surface area (Å²) in [5, 5.41) is 7.91. The Hall–Kier alpha value is -1.47. The minimum Gasteiger partial charge on any atom is -0.354 e. The van der Waals surface area contributed by atoms with Crippen molar-refractivity contribution in [3.05, 3.63) is 22.5 Å². The van der Waals surface area contributed by atoms with E-state index in [0.29, 0.717) is 29.2 Å². The van der Waals surface area contributed by atoms with E-state index in [1.54, 1.807) is 27.4 Å². The van der Waals surface area contributed by atoms with Gasteiger partial charge in [0.15, 0.2) is 0 Å². The maximum absolute atomic E-state index is 12.6. The van der Waals surface area contributed by atoms with Crippen LogP contribution in [0.4, 0.5) is 0 Å². The van der Waals surface area contributed by atoms with Gasteiger partial charge in [-0.25, -0.2) is 0 Å². The van der Waals surface area contributed by atoms with Crippen LogP contribution in [0.25, 0.3) is 6.08 Å². The largest absolute Gasteiger partial charge is 0.354 e. The zero-order chi connectivity index (χ0) is 20.0. The normalized spacial score (nSPS) is 17.3. The molecule has 8 heteroatoms. The zero-order valence-electron chi connectivity index (χ0n) is 16.5. The Morgan fingerprint density at radius 1 is 1.44 bits per heavy atom. The van der Waals surface area contributed by atoms with Crippen LogP contribution in [0.1, 0.15) is 44.9 Å². The number of hydrogen-bond acceptors (Lipinski definition) is 4. The Morgan fingerprint density at radius 3 is 2.85 bits per heavy atom. The summed E-state index contributed by atoms with van der Waals surface area (Å²) >= 11 is 8.00. The van der Waals surface area contributed by atoms with Gasteiger partial charge in [-0.05, 0) is 25.3 Å². The van der Waals surface area contributed by atoms with Crippen LogP contribution < -0.4 is 5.32 Å². The number of carbonyl (C=O) groups excluding carboxylic acids is 2. The molecule has 1 aromatic rings. The molecule has 6 nitrogen and oxygen atoms in total.